The van der Waals surface area contributed by atoms with E-state index in [1.807, 2.05) is 13.8 Å². The maximum Gasteiger partial charge on any atom is 0.157 e. The van der Waals surface area contributed by atoms with E-state index in [9.17, 15) is 4.79 Å². The maximum absolute atomic E-state index is 12.0. The van der Waals surface area contributed by atoms with Gasteiger partial charge < -0.3 is 4.90 Å². The number of anilines is 1. The molecule has 0 unspecified atom stereocenters. The molecule has 1 aliphatic heterocycles. The molecular weight excluding hydrogens is 278 g/mol. The first-order valence-electron chi connectivity index (χ1n) is 5.94. The van der Waals surface area contributed by atoms with Crippen molar-refractivity contribution in [2.45, 2.75) is 27.2 Å². The fourth-order valence-corrected chi connectivity index (χ4v) is 2.84. The lowest BCUT2D eigenvalue weighted by Gasteiger charge is -2.37. The predicted molar refractivity (Wildman–Crippen MR) is 74.5 cm³/mol. The van der Waals surface area contributed by atoms with Gasteiger partial charge in [0.25, 0.3) is 0 Å². The summed E-state index contributed by atoms with van der Waals surface area (Å²) in [6.45, 7) is 7.61. The molecule has 0 aliphatic carbocycles. The summed E-state index contributed by atoms with van der Waals surface area (Å²) in [6.07, 6.45) is 0.923. The lowest BCUT2D eigenvalue weighted by Crippen LogP contribution is -2.45. The number of hydrogen-bond acceptors (Lipinski definition) is 2. The molecule has 1 aliphatic rings. The molecule has 1 aromatic rings. The summed E-state index contributed by atoms with van der Waals surface area (Å²) in [5, 5.41) is 0. The van der Waals surface area contributed by atoms with Crippen molar-refractivity contribution >= 4 is 27.4 Å². The van der Waals surface area contributed by atoms with Crippen LogP contribution in [0.4, 0.5) is 5.69 Å². The number of ketones is 1. The number of nitrogens with zero attached hydrogens (tertiary/aromatic N) is 1. The standard InChI is InChI=1S/C14H18BrNO/c1-10-4-5-12(11(15)8-10)16-7-6-14(2,3)13(17)9-16/h4-5,8H,6-7,9H2,1-3H3. The van der Waals surface area contributed by atoms with E-state index in [4.69, 9.17) is 0 Å². The molecule has 1 heterocycles. The Morgan fingerprint density at radius 1 is 1.35 bits per heavy atom. The van der Waals surface area contributed by atoms with E-state index < -0.39 is 0 Å². The normalized spacial score (nSPS) is 19.5. The van der Waals surface area contributed by atoms with Crippen LogP contribution in [0.2, 0.25) is 0 Å². The topological polar surface area (TPSA) is 20.3 Å². The molecule has 3 heteroatoms. The third-order valence-electron chi connectivity index (χ3n) is 3.54. The monoisotopic (exact) mass is 295 g/mol. The van der Waals surface area contributed by atoms with Crippen LogP contribution >= 0.6 is 15.9 Å². The average Bonchev–Trinajstić information content (AvgIpc) is 2.23. The summed E-state index contributed by atoms with van der Waals surface area (Å²) in [5.41, 5.74) is 2.19. The van der Waals surface area contributed by atoms with Crippen molar-refractivity contribution in [3.05, 3.63) is 28.2 Å². The van der Waals surface area contributed by atoms with Crippen molar-refractivity contribution in [1.82, 2.24) is 0 Å². The van der Waals surface area contributed by atoms with E-state index in [0.717, 1.165) is 23.1 Å². The first kappa shape index (κ1) is 12.6. The van der Waals surface area contributed by atoms with Gasteiger partial charge in [0.2, 0.25) is 0 Å². The van der Waals surface area contributed by atoms with E-state index >= 15 is 0 Å². The molecule has 0 N–H and O–H groups in total. The van der Waals surface area contributed by atoms with Crippen molar-refractivity contribution < 1.29 is 4.79 Å². The first-order valence-corrected chi connectivity index (χ1v) is 6.74. The number of aryl methyl sites for hydroxylation is 1. The average molecular weight is 296 g/mol. The fourth-order valence-electron chi connectivity index (χ4n) is 2.09. The van der Waals surface area contributed by atoms with Crippen LogP contribution in [0.15, 0.2) is 22.7 Å². The van der Waals surface area contributed by atoms with Gasteiger partial charge in [-0.15, -0.1) is 0 Å². The van der Waals surface area contributed by atoms with Crippen LogP contribution in [-0.2, 0) is 4.79 Å². The van der Waals surface area contributed by atoms with E-state index in [2.05, 4.69) is 46.0 Å². The number of carbonyl (C=O) groups excluding carboxylic acids is 1. The second kappa shape index (κ2) is 4.45. The highest BCUT2D eigenvalue weighted by molar-refractivity contribution is 9.10. The minimum Gasteiger partial charge on any atom is -0.363 e. The molecule has 92 valence electrons. The van der Waals surface area contributed by atoms with Gasteiger partial charge in [-0.1, -0.05) is 19.9 Å². The minimum absolute atomic E-state index is 0.159. The van der Waals surface area contributed by atoms with Crippen LogP contribution in [0.25, 0.3) is 0 Å². The Hall–Kier alpha value is -0.830. The Labute approximate surface area is 111 Å². The minimum atomic E-state index is -0.159. The smallest absolute Gasteiger partial charge is 0.157 e. The second-order valence-corrected chi connectivity index (χ2v) is 6.29. The van der Waals surface area contributed by atoms with Gasteiger partial charge >= 0.3 is 0 Å². The van der Waals surface area contributed by atoms with Gasteiger partial charge in [0.1, 0.15) is 0 Å². The van der Waals surface area contributed by atoms with Crippen LogP contribution in [0.5, 0.6) is 0 Å². The summed E-state index contributed by atoms with van der Waals surface area (Å²) in [5.74, 6) is 0.330. The zero-order valence-corrected chi connectivity index (χ0v) is 12.2. The molecule has 1 fully saturated rings. The van der Waals surface area contributed by atoms with Crippen molar-refractivity contribution in [1.29, 1.82) is 0 Å². The molecule has 2 nitrogen and oxygen atoms in total. The Balaban J connectivity index is 2.22. The third kappa shape index (κ3) is 2.54. The van der Waals surface area contributed by atoms with Gasteiger partial charge in [-0.2, -0.15) is 0 Å². The molecule has 2 rings (SSSR count). The number of halogens is 1. The van der Waals surface area contributed by atoms with Gasteiger partial charge in [-0.25, -0.2) is 0 Å². The van der Waals surface area contributed by atoms with Gasteiger partial charge in [0.15, 0.2) is 5.78 Å². The summed E-state index contributed by atoms with van der Waals surface area (Å²) in [7, 11) is 0. The third-order valence-corrected chi connectivity index (χ3v) is 4.18. The van der Waals surface area contributed by atoms with Crippen LogP contribution in [-0.4, -0.2) is 18.9 Å². The van der Waals surface area contributed by atoms with Gasteiger partial charge in [-0.3, -0.25) is 4.79 Å². The molecule has 17 heavy (non-hydrogen) atoms. The molecule has 0 atom stereocenters. The molecule has 1 saturated heterocycles. The number of Topliss-reactive ketones (excluding diaryl/α,β-unsaturated/α-hetero) is 1. The number of carbonyl (C=O) groups is 1. The zero-order valence-electron chi connectivity index (χ0n) is 10.6. The van der Waals surface area contributed by atoms with E-state index in [1.54, 1.807) is 0 Å². The van der Waals surface area contributed by atoms with E-state index in [1.165, 1.54) is 5.56 Å². The van der Waals surface area contributed by atoms with Gasteiger partial charge in [0, 0.05) is 16.4 Å². The SMILES string of the molecule is Cc1ccc(N2CCC(C)(C)C(=O)C2)c(Br)c1. The summed E-state index contributed by atoms with van der Waals surface area (Å²) < 4.78 is 1.07. The number of benzene rings is 1. The Morgan fingerprint density at radius 2 is 2.06 bits per heavy atom. The Morgan fingerprint density at radius 3 is 2.65 bits per heavy atom. The van der Waals surface area contributed by atoms with Crippen LogP contribution < -0.4 is 4.90 Å². The molecule has 1 aromatic carbocycles. The van der Waals surface area contributed by atoms with E-state index in [0.29, 0.717) is 12.3 Å². The van der Waals surface area contributed by atoms with Crippen LogP contribution in [0.3, 0.4) is 0 Å². The van der Waals surface area contributed by atoms with Gasteiger partial charge in [0.05, 0.1) is 12.2 Å². The molecule has 0 aromatic heterocycles. The molecule has 0 amide bonds. The molecule has 0 radical (unpaired) electrons. The van der Waals surface area contributed by atoms with Crippen molar-refractivity contribution in [2.24, 2.45) is 5.41 Å². The van der Waals surface area contributed by atoms with Crippen LogP contribution in [0, 0.1) is 12.3 Å². The van der Waals surface area contributed by atoms with Gasteiger partial charge in [-0.05, 0) is 47.0 Å². The highest BCUT2D eigenvalue weighted by Crippen LogP contribution is 2.33. The van der Waals surface area contributed by atoms with E-state index in [-0.39, 0.29) is 5.41 Å². The maximum atomic E-state index is 12.0. The number of piperidine rings is 1. The fraction of sp³-hybridized carbons (Fsp3) is 0.500. The second-order valence-electron chi connectivity index (χ2n) is 5.43. The lowest BCUT2D eigenvalue weighted by atomic mass is 9.81. The summed E-state index contributed by atoms with van der Waals surface area (Å²) in [6, 6.07) is 6.27. The van der Waals surface area contributed by atoms with Crippen molar-refractivity contribution in [2.75, 3.05) is 18.0 Å². The Bertz CT molecular complexity index is 454. The Kier molecular flexibility index (Phi) is 3.30. The molecule has 0 saturated carbocycles. The number of rotatable bonds is 1. The molecule has 0 bridgehead atoms. The lowest BCUT2D eigenvalue weighted by molar-refractivity contribution is -0.127. The summed E-state index contributed by atoms with van der Waals surface area (Å²) >= 11 is 3.58. The molecule has 0 spiro atoms. The summed E-state index contributed by atoms with van der Waals surface area (Å²) in [4.78, 5) is 14.2. The highest BCUT2D eigenvalue weighted by atomic mass is 79.9. The highest BCUT2D eigenvalue weighted by Gasteiger charge is 2.34. The number of hydrogen-bond donors (Lipinski definition) is 0. The predicted octanol–water partition coefficient (Wildman–Crippen LogP) is 3.56. The van der Waals surface area contributed by atoms with Crippen molar-refractivity contribution in [3.63, 3.8) is 0 Å². The quantitative estimate of drug-likeness (QED) is 0.789. The first-order chi connectivity index (χ1) is 7.90. The van der Waals surface area contributed by atoms with Crippen molar-refractivity contribution in [3.8, 4) is 0 Å². The van der Waals surface area contributed by atoms with Crippen LogP contribution in [0.1, 0.15) is 25.8 Å². The zero-order chi connectivity index (χ0) is 12.6. The molecular formula is C14H18BrNO. The largest absolute Gasteiger partial charge is 0.363 e.